The molecule has 0 aromatic carbocycles. The van der Waals surface area contributed by atoms with Crippen molar-refractivity contribution in [2.75, 3.05) is 38.4 Å². The lowest BCUT2D eigenvalue weighted by Crippen LogP contribution is -2.03. The highest BCUT2D eigenvalue weighted by atomic mass is 32.2. The summed E-state index contributed by atoms with van der Waals surface area (Å²) in [5.74, 6) is 0.787. The summed E-state index contributed by atoms with van der Waals surface area (Å²) in [5.41, 5.74) is 0. The van der Waals surface area contributed by atoms with Crippen LogP contribution in [-0.4, -0.2) is 49.5 Å². The van der Waals surface area contributed by atoms with Crippen molar-refractivity contribution in [3.8, 4) is 0 Å². The second kappa shape index (κ2) is 10.8. The molecule has 84 valence electrons. The van der Waals surface area contributed by atoms with E-state index in [0.717, 1.165) is 18.8 Å². The third-order valence-electron chi connectivity index (χ3n) is 1.47. The van der Waals surface area contributed by atoms with Gasteiger partial charge in [-0.05, 0) is 6.42 Å². The molecule has 0 atom stereocenters. The molecule has 0 spiro atoms. The minimum Gasteiger partial charge on any atom is -0.481 e. The largest absolute Gasteiger partial charge is 0.481 e. The van der Waals surface area contributed by atoms with Crippen molar-refractivity contribution in [3.63, 3.8) is 0 Å². The number of aliphatic carboxylic acids is 1. The molecule has 0 aromatic heterocycles. The van der Waals surface area contributed by atoms with E-state index in [1.807, 2.05) is 0 Å². The maximum absolute atomic E-state index is 10.1. The number of carboxylic acids is 1. The van der Waals surface area contributed by atoms with Crippen molar-refractivity contribution >= 4 is 17.7 Å². The number of thioether (sulfide) groups is 1. The Hall–Kier alpha value is -0.260. The zero-order valence-electron chi connectivity index (χ0n) is 8.53. The number of carboxylic acid groups (broad SMARTS) is 1. The third-order valence-corrected chi connectivity index (χ3v) is 2.42. The molecule has 0 bridgehead atoms. The first-order valence-corrected chi connectivity index (χ1v) is 5.79. The molecule has 0 saturated heterocycles. The minimum atomic E-state index is -0.737. The van der Waals surface area contributed by atoms with E-state index in [2.05, 4.69) is 0 Å². The van der Waals surface area contributed by atoms with Crippen molar-refractivity contribution in [3.05, 3.63) is 0 Å². The number of hydrogen-bond donors (Lipinski definition) is 1. The number of carbonyl (C=O) groups is 1. The Kier molecular flexibility index (Phi) is 10.6. The summed E-state index contributed by atoms with van der Waals surface area (Å²) in [7, 11) is 1.67. The number of methoxy groups -OCH3 is 1. The maximum atomic E-state index is 10.1. The van der Waals surface area contributed by atoms with Gasteiger partial charge in [0.1, 0.15) is 0 Å². The Balaban J connectivity index is 2.88. The molecule has 0 rings (SSSR count). The molecule has 0 aliphatic rings. The van der Waals surface area contributed by atoms with Gasteiger partial charge in [0.05, 0.1) is 13.0 Å². The highest BCUT2D eigenvalue weighted by Gasteiger charge is 1.96. The molecule has 0 heterocycles. The molecule has 0 unspecified atom stereocenters. The van der Waals surface area contributed by atoms with Crippen LogP contribution in [0, 0.1) is 0 Å². The fourth-order valence-corrected chi connectivity index (χ4v) is 1.55. The summed E-state index contributed by atoms with van der Waals surface area (Å²) in [4.78, 5) is 10.1. The molecule has 0 radical (unpaired) electrons. The van der Waals surface area contributed by atoms with E-state index in [-0.39, 0.29) is 6.42 Å². The second-order valence-electron chi connectivity index (χ2n) is 2.71. The van der Waals surface area contributed by atoms with Gasteiger partial charge in [-0.3, -0.25) is 4.79 Å². The fraction of sp³-hybridized carbons (Fsp3) is 0.889. The SMILES string of the molecule is COCCCOCCSCCC(=O)O. The molecule has 1 N–H and O–H groups in total. The normalized spacial score (nSPS) is 10.4. The van der Waals surface area contributed by atoms with E-state index < -0.39 is 5.97 Å². The van der Waals surface area contributed by atoms with E-state index >= 15 is 0 Å². The molecular formula is C9H18O4S. The van der Waals surface area contributed by atoms with Gasteiger partial charge < -0.3 is 14.6 Å². The van der Waals surface area contributed by atoms with E-state index in [1.54, 1.807) is 18.9 Å². The molecule has 5 heteroatoms. The van der Waals surface area contributed by atoms with Gasteiger partial charge in [0, 0.05) is 31.8 Å². The van der Waals surface area contributed by atoms with Crippen LogP contribution in [0.25, 0.3) is 0 Å². The summed E-state index contributed by atoms with van der Waals surface area (Å²) in [6.45, 7) is 2.13. The van der Waals surface area contributed by atoms with Gasteiger partial charge in [-0.2, -0.15) is 11.8 Å². The van der Waals surface area contributed by atoms with Gasteiger partial charge >= 0.3 is 5.97 Å². The molecule has 0 aromatic rings. The predicted molar refractivity (Wildman–Crippen MR) is 56.9 cm³/mol. The molecule has 0 aliphatic heterocycles. The third kappa shape index (κ3) is 11.7. The van der Waals surface area contributed by atoms with Crippen LogP contribution >= 0.6 is 11.8 Å². The van der Waals surface area contributed by atoms with E-state index in [0.29, 0.717) is 19.0 Å². The topological polar surface area (TPSA) is 55.8 Å². The predicted octanol–water partition coefficient (Wildman–Crippen LogP) is 1.25. The highest BCUT2D eigenvalue weighted by Crippen LogP contribution is 2.01. The number of rotatable bonds is 10. The lowest BCUT2D eigenvalue weighted by Gasteiger charge is -2.02. The monoisotopic (exact) mass is 222 g/mol. The lowest BCUT2D eigenvalue weighted by molar-refractivity contribution is -0.136. The zero-order chi connectivity index (χ0) is 10.6. The maximum Gasteiger partial charge on any atom is 0.304 e. The second-order valence-corrected chi connectivity index (χ2v) is 3.94. The van der Waals surface area contributed by atoms with Crippen molar-refractivity contribution in [1.29, 1.82) is 0 Å². The molecule has 0 fully saturated rings. The van der Waals surface area contributed by atoms with Gasteiger partial charge in [-0.1, -0.05) is 0 Å². The van der Waals surface area contributed by atoms with Crippen LogP contribution < -0.4 is 0 Å². The van der Waals surface area contributed by atoms with Crippen LogP contribution in [0.3, 0.4) is 0 Å². The van der Waals surface area contributed by atoms with Crippen LogP contribution in [-0.2, 0) is 14.3 Å². The van der Waals surface area contributed by atoms with Crippen molar-refractivity contribution in [2.45, 2.75) is 12.8 Å². The summed E-state index contributed by atoms with van der Waals surface area (Å²) in [6, 6.07) is 0. The lowest BCUT2D eigenvalue weighted by atomic mass is 10.5. The van der Waals surface area contributed by atoms with Crippen LogP contribution in [0.5, 0.6) is 0 Å². The zero-order valence-corrected chi connectivity index (χ0v) is 9.35. The first-order chi connectivity index (χ1) is 6.77. The van der Waals surface area contributed by atoms with E-state index in [9.17, 15) is 4.79 Å². The average Bonchev–Trinajstić information content (AvgIpc) is 2.15. The molecule has 0 amide bonds. The smallest absolute Gasteiger partial charge is 0.304 e. The molecular weight excluding hydrogens is 204 g/mol. The summed E-state index contributed by atoms with van der Waals surface area (Å²) in [6.07, 6.45) is 1.14. The van der Waals surface area contributed by atoms with Gasteiger partial charge in [0.2, 0.25) is 0 Å². The Morgan fingerprint density at radius 2 is 2.07 bits per heavy atom. The molecule has 0 aliphatic carbocycles. The summed E-state index contributed by atoms with van der Waals surface area (Å²) >= 11 is 1.61. The quantitative estimate of drug-likeness (QED) is 0.564. The van der Waals surface area contributed by atoms with E-state index in [4.69, 9.17) is 14.6 Å². The standard InChI is InChI=1S/C9H18O4S/c1-12-4-2-5-13-6-8-14-7-3-9(10)11/h2-8H2,1H3,(H,10,11). The van der Waals surface area contributed by atoms with Crippen LogP contribution in [0.15, 0.2) is 0 Å². The molecule has 0 saturated carbocycles. The Labute approximate surface area is 89.0 Å². The Morgan fingerprint density at radius 3 is 2.71 bits per heavy atom. The van der Waals surface area contributed by atoms with Crippen molar-refractivity contribution in [1.82, 2.24) is 0 Å². The summed E-state index contributed by atoms with van der Waals surface area (Å²) < 4.78 is 10.2. The molecule has 14 heavy (non-hydrogen) atoms. The average molecular weight is 222 g/mol. The van der Waals surface area contributed by atoms with E-state index in [1.165, 1.54) is 0 Å². The Bertz CT molecular complexity index is 141. The van der Waals surface area contributed by atoms with Crippen LogP contribution in [0.1, 0.15) is 12.8 Å². The molecule has 4 nitrogen and oxygen atoms in total. The Morgan fingerprint density at radius 1 is 1.29 bits per heavy atom. The van der Waals surface area contributed by atoms with Crippen LogP contribution in [0.4, 0.5) is 0 Å². The number of ether oxygens (including phenoxy) is 2. The highest BCUT2D eigenvalue weighted by molar-refractivity contribution is 7.99. The minimum absolute atomic E-state index is 0.230. The van der Waals surface area contributed by atoms with Crippen molar-refractivity contribution in [2.24, 2.45) is 0 Å². The van der Waals surface area contributed by atoms with Crippen molar-refractivity contribution < 1.29 is 19.4 Å². The fourth-order valence-electron chi connectivity index (χ4n) is 0.787. The summed E-state index contributed by atoms with van der Waals surface area (Å²) in [5, 5.41) is 8.35. The first-order valence-electron chi connectivity index (χ1n) is 4.63. The first kappa shape index (κ1) is 13.7. The van der Waals surface area contributed by atoms with Gasteiger partial charge in [-0.15, -0.1) is 0 Å². The van der Waals surface area contributed by atoms with Gasteiger partial charge in [0.15, 0.2) is 0 Å². The van der Waals surface area contributed by atoms with Crippen LogP contribution in [0.2, 0.25) is 0 Å². The van der Waals surface area contributed by atoms with Gasteiger partial charge in [-0.25, -0.2) is 0 Å². The number of hydrogen-bond acceptors (Lipinski definition) is 4. The van der Waals surface area contributed by atoms with Gasteiger partial charge in [0.25, 0.3) is 0 Å².